The van der Waals surface area contributed by atoms with Crippen LogP contribution in [-0.4, -0.2) is 55.5 Å². The number of benzene rings is 2. The summed E-state index contributed by atoms with van der Waals surface area (Å²) < 4.78 is 67.7. The van der Waals surface area contributed by atoms with Gasteiger partial charge in [0.25, 0.3) is 10.2 Å². The van der Waals surface area contributed by atoms with E-state index in [9.17, 15) is 31.5 Å². The van der Waals surface area contributed by atoms with Gasteiger partial charge in [-0.15, -0.1) is 0 Å². The first kappa shape index (κ1) is 22.6. The van der Waals surface area contributed by atoms with Gasteiger partial charge in [0.05, 0.1) is 5.56 Å². The lowest BCUT2D eigenvalue weighted by molar-refractivity contribution is -0.140. The molecule has 0 spiro atoms. The van der Waals surface area contributed by atoms with Crippen LogP contribution in [0.2, 0.25) is 0 Å². The molecule has 0 radical (unpaired) electrons. The second-order valence-electron chi connectivity index (χ2n) is 7.98. The maximum Gasteiger partial charge on any atom is 0.416 e. The van der Waals surface area contributed by atoms with Gasteiger partial charge in [-0.1, -0.05) is 30.3 Å². The zero-order chi connectivity index (χ0) is 23.1. The molecule has 4 rings (SSSR count). The predicted octanol–water partition coefficient (Wildman–Crippen LogP) is 2.67. The molecule has 2 aromatic rings. The second kappa shape index (κ2) is 8.05. The number of carbonyl (C=O) groups is 1. The fourth-order valence-corrected chi connectivity index (χ4v) is 5.63. The van der Waals surface area contributed by atoms with Crippen molar-refractivity contribution in [2.24, 2.45) is 0 Å². The monoisotopic (exact) mass is 469 g/mol. The maximum atomic E-state index is 12.9. The third kappa shape index (κ3) is 4.32. The van der Waals surface area contributed by atoms with E-state index < -0.39 is 39.4 Å². The highest BCUT2D eigenvalue weighted by Gasteiger charge is 2.63. The van der Waals surface area contributed by atoms with E-state index in [1.165, 1.54) is 16.4 Å². The first-order valence-corrected chi connectivity index (χ1v) is 11.5. The molecular formula is C21H22F3N3O4S. The molecule has 1 saturated heterocycles. The Morgan fingerprint density at radius 1 is 1.00 bits per heavy atom. The molecule has 2 atom stereocenters. The molecule has 2 fully saturated rings. The SMILES string of the molecule is O=C(O)[C@@]1(NS(=O)(=O)N2CCN(c3ccc(C(F)(F)F)cc3)CC2)C[C@H]1c1ccccc1. The normalized spacial score (nSPS) is 24.3. The van der Waals surface area contributed by atoms with Gasteiger partial charge in [-0.3, -0.25) is 4.79 Å². The van der Waals surface area contributed by atoms with Crippen LogP contribution in [0.25, 0.3) is 0 Å². The summed E-state index contributed by atoms with van der Waals surface area (Å²) in [6, 6.07) is 13.6. The van der Waals surface area contributed by atoms with E-state index in [2.05, 4.69) is 4.72 Å². The zero-order valence-electron chi connectivity index (χ0n) is 16.9. The quantitative estimate of drug-likeness (QED) is 0.679. The van der Waals surface area contributed by atoms with E-state index in [0.717, 1.165) is 17.7 Å². The standard InChI is InChI=1S/C21H22F3N3O4S/c22-21(23,24)16-6-8-17(9-7-16)26-10-12-27(13-11-26)32(30,31)25-20(19(28)29)14-18(20)15-4-2-1-3-5-15/h1-9,18,25H,10-14H2,(H,28,29)/t18-,20+/m0/s1. The van der Waals surface area contributed by atoms with E-state index >= 15 is 0 Å². The highest BCUT2D eigenvalue weighted by atomic mass is 32.2. The number of alkyl halides is 3. The number of rotatable bonds is 6. The molecule has 32 heavy (non-hydrogen) atoms. The van der Waals surface area contributed by atoms with Crippen LogP contribution in [-0.2, 0) is 21.2 Å². The van der Waals surface area contributed by atoms with Gasteiger partial charge in [-0.25, -0.2) is 0 Å². The van der Waals surface area contributed by atoms with Crippen molar-refractivity contribution in [1.82, 2.24) is 9.03 Å². The number of aliphatic carboxylic acids is 1. The minimum atomic E-state index is -4.42. The number of carboxylic acids is 1. The van der Waals surface area contributed by atoms with Crippen LogP contribution >= 0.6 is 0 Å². The molecule has 0 bridgehead atoms. The van der Waals surface area contributed by atoms with E-state index in [-0.39, 0.29) is 32.6 Å². The molecule has 2 aliphatic rings. The minimum Gasteiger partial charge on any atom is -0.480 e. The number of nitrogens with zero attached hydrogens (tertiary/aromatic N) is 2. The van der Waals surface area contributed by atoms with Crippen LogP contribution in [0.1, 0.15) is 23.5 Å². The Balaban J connectivity index is 1.41. The molecule has 1 saturated carbocycles. The van der Waals surface area contributed by atoms with E-state index in [4.69, 9.17) is 0 Å². The molecule has 0 unspecified atom stereocenters. The molecule has 2 N–H and O–H groups in total. The van der Waals surface area contributed by atoms with Crippen molar-refractivity contribution in [2.75, 3.05) is 31.1 Å². The topological polar surface area (TPSA) is 89.9 Å². The highest BCUT2D eigenvalue weighted by Crippen LogP contribution is 2.52. The van der Waals surface area contributed by atoms with Crippen molar-refractivity contribution in [3.05, 3.63) is 65.7 Å². The molecule has 11 heteroatoms. The second-order valence-corrected chi connectivity index (χ2v) is 9.65. The van der Waals surface area contributed by atoms with Crippen LogP contribution in [0.4, 0.5) is 18.9 Å². The van der Waals surface area contributed by atoms with Gasteiger partial charge < -0.3 is 10.0 Å². The lowest BCUT2D eigenvalue weighted by atomic mass is 10.1. The van der Waals surface area contributed by atoms with Crippen LogP contribution in [0, 0.1) is 0 Å². The first-order valence-electron chi connectivity index (χ1n) is 10.0. The minimum absolute atomic E-state index is 0.0854. The number of hydrogen-bond donors (Lipinski definition) is 2. The van der Waals surface area contributed by atoms with Crippen molar-refractivity contribution in [3.8, 4) is 0 Å². The summed E-state index contributed by atoms with van der Waals surface area (Å²) in [4.78, 5) is 13.7. The average molecular weight is 469 g/mol. The predicted molar refractivity (Wildman–Crippen MR) is 111 cm³/mol. The zero-order valence-corrected chi connectivity index (χ0v) is 17.7. The molecule has 1 heterocycles. The smallest absolute Gasteiger partial charge is 0.416 e. The summed E-state index contributed by atoms with van der Waals surface area (Å²) in [7, 11) is -4.07. The number of hydrogen-bond acceptors (Lipinski definition) is 4. The van der Waals surface area contributed by atoms with E-state index in [0.29, 0.717) is 5.69 Å². The van der Waals surface area contributed by atoms with E-state index in [1.807, 2.05) is 0 Å². The van der Waals surface area contributed by atoms with E-state index in [1.54, 1.807) is 35.2 Å². The van der Waals surface area contributed by atoms with Crippen LogP contribution < -0.4 is 9.62 Å². The summed E-state index contributed by atoms with van der Waals surface area (Å²) in [5.41, 5.74) is -1.01. The first-order chi connectivity index (χ1) is 15.0. The Bertz CT molecular complexity index is 1090. The van der Waals surface area contributed by atoms with Crippen molar-refractivity contribution < 1.29 is 31.5 Å². The van der Waals surface area contributed by atoms with Crippen LogP contribution in [0.15, 0.2) is 54.6 Å². The Kier molecular flexibility index (Phi) is 5.68. The van der Waals surface area contributed by atoms with Crippen LogP contribution in [0.5, 0.6) is 0 Å². The molecule has 1 aliphatic carbocycles. The summed E-state index contributed by atoms with van der Waals surface area (Å²) in [6.45, 7) is 0.715. The fraction of sp³-hybridized carbons (Fsp3) is 0.381. The van der Waals surface area contributed by atoms with Crippen molar-refractivity contribution in [1.29, 1.82) is 0 Å². The molecule has 172 valence electrons. The van der Waals surface area contributed by atoms with Gasteiger partial charge in [0.2, 0.25) is 0 Å². The third-order valence-electron chi connectivity index (χ3n) is 5.99. The number of piperazine rings is 1. The number of anilines is 1. The van der Waals surface area contributed by atoms with Gasteiger partial charge in [-0.2, -0.15) is 30.6 Å². The van der Waals surface area contributed by atoms with Crippen molar-refractivity contribution in [2.45, 2.75) is 24.1 Å². The van der Waals surface area contributed by atoms with Gasteiger partial charge in [0.15, 0.2) is 0 Å². The summed E-state index contributed by atoms with van der Waals surface area (Å²) in [5, 5.41) is 9.73. The lowest BCUT2D eigenvalue weighted by Crippen LogP contribution is -2.56. The van der Waals surface area contributed by atoms with Gasteiger partial charge in [0, 0.05) is 37.8 Å². The number of halogens is 3. The van der Waals surface area contributed by atoms with Gasteiger partial charge in [0.1, 0.15) is 5.54 Å². The Hall–Kier alpha value is -2.63. The summed E-state index contributed by atoms with van der Waals surface area (Å²) >= 11 is 0. The maximum absolute atomic E-state index is 12.9. The fourth-order valence-electron chi connectivity index (χ4n) is 4.09. The molecule has 0 amide bonds. The lowest BCUT2D eigenvalue weighted by Gasteiger charge is -2.36. The molecular weight excluding hydrogens is 447 g/mol. The summed E-state index contributed by atoms with van der Waals surface area (Å²) in [5.74, 6) is -1.68. The average Bonchev–Trinajstić information content (AvgIpc) is 3.49. The van der Waals surface area contributed by atoms with Crippen molar-refractivity contribution >= 4 is 21.9 Å². The molecule has 1 aliphatic heterocycles. The molecule has 7 nitrogen and oxygen atoms in total. The molecule has 0 aromatic heterocycles. The van der Waals surface area contributed by atoms with Gasteiger partial charge >= 0.3 is 12.1 Å². The third-order valence-corrected chi connectivity index (χ3v) is 7.66. The Labute approximate surface area is 183 Å². The number of carboxylic acid groups (broad SMARTS) is 1. The highest BCUT2D eigenvalue weighted by molar-refractivity contribution is 7.87. The number of nitrogens with one attached hydrogen (secondary N) is 1. The van der Waals surface area contributed by atoms with Crippen molar-refractivity contribution in [3.63, 3.8) is 0 Å². The molecule has 2 aromatic carbocycles. The summed E-state index contributed by atoms with van der Waals surface area (Å²) in [6.07, 6.45) is -4.26. The van der Waals surface area contributed by atoms with Gasteiger partial charge in [-0.05, 0) is 36.2 Å². The largest absolute Gasteiger partial charge is 0.480 e. The van der Waals surface area contributed by atoms with Crippen LogP contribution in [0.3, 0.4) is 0 Å². The Morgan fingerprint density at radius 2 is 1.59 bits per heavy atom. The Morgan fingerprint density at radius 3 is 2.12 bits per heavy atom.